The Kier molecular flexibility index (Phi) is 4.52. The van der Waals surface area contributed by atoms with Crippen molar-refractivity contribution in [3.8, 4) is 5.75 Å². The van der Waals surface area contributed by atoms with Crippen molar-refractivity contribution in [1.29, 1.82) is 0 Å². The molecule has 1 aromatic rings. The summed E-state index contributed by atoms with van der Waals surface area (Å²) in [4.78, 5) is 24.4. The molecule has 0 atom stereocenters. The maximum absolute atomic E-state index is 12.7. The van der Waals surface area contributed by atoms with Crippen molar-refractivity contribution in [2.24, 2.45) is 0 Å². The Morgan fingerprint density at radius 2 is 2.05 bits per heavy atom. The molecule has 0 aromatic carbocycles. The Morgan fingerprint density at radius 1 is 1.42 bits per heavy atom. The number of carbonyl (C=O) groups excluding carboxylic acids is 1. The Bertz CT molecular complexity index is 523. The molecule has 19 heavy (non-hydrogen) atoms. The van der Waals surface area contributed by atoms with Crippen LogP contribution in [0, 0.1) is 0 Å². The minimum atomic E-state index is -5.09. The first-order valence-corrected chi connectivity index (χ1v) is 5.03. The van der Waals surface area contributed by atoms with E-state index in [0.717, 1.165) is 0 Å². The van der Waals surface area contributed by atoms with E-state index in [0.29, 0.717) is 6.07 Å². The number of aromatic nitrogens is 1. The summed E-state index contributed by atoms with van der Waals surface area (Å²) in [5.41, 5.74) is -2.31. The Morgan fingerprint density at radius 3 is 2.53 bits per heavy atom. The normalized spacial score (nSPS) is 11.2. The molecule has 0 aliphatic rings. The summed E-state index contributed by atoms with van der Waals surface area (Å²) in [6.07, 6.45) is -5.09. The van der Waals surface area contributed by atoms with Crippen LogP contribution >= 0.6 is 0 Å². The van der Waals surface area contributed by atoms with Crippen LogP contribution in [0.2, 0.25) is 0 Å². The Balaban J connectivity index is 3.22. The van der Waals surface area contributed by atoms with Gasteiger partial charge in [-0.2, -0.15) is 0 Å². The summed E-state index contributed by atoms with van der Waals surface area (Å²) in [5.74, 6) is -2.18. The molecule has 0 spiro atoms. The lowest BCUT2D eigenvalue weighted by Gasteiger charge is -2.11. The molecule has 0 amide bonds. The van der Waals surface area contributed by atoms with E-state index in [2.05, 4.69) is 9.47 Å². The van der Waals surface area contributed by atoms with E-state index < -0.39 is 41.6 Å². The van der Waals surface area contributed by atoms with Crippen LogP contribution in [-0.2, 0) is 11.4 Å². The van der Waals surface area contributed by atoms with Crippen LogP contribution in [0.4, 0.5) is 17.6 Å². The number of alkyl halides is 4. The molecule has 0 saturated heterocycles. The van der Waals surface area contributed by atoms with Gasteiger partial charge < -0.3 is 14.5 Å². The summed E-state index contributed by atoms with van der Waals surface area (Å²) < 4.78 is 56.5. The number of nitrogens with one attached hydrogen (secondary N) is 1. The van der Waals surface area contributed by atoms with Crippen molar-refractivity contribution in [1.82, 2.24) is 4.98 Å². The van der Waals surface area contributed by atoms with Gasteiger partial charge in [-0.1, -0.05) is 0 Å². The van der Waals surface area contributed by atoms with Crippen LogP contribution in [0.25, 0.3) is 0 Å². The number of ether oxygens (including phenoxy) is 2. The van der Waals surface area contributed by atoms with Crippen LogP contribution in [0.5, 0.6) is 5.75 Å². The highest BCUT2D eigenvalue weighted by Gasteiger charge is 2.33. The minimum Gasteiger partial charge on any atom is -0.461 e. The lowest BCUT2D eigenvalue weighted by Crippen LogP contribution is -2.25. The predicted octanol–water partition coefficient (Wildman–Crippen LogP) is 1.92. The third-order valence-electron chi connectivity index (χ3n) is 1.94. The maximum Gasteiger partial charge on any atom is 0.573 e. The fraction of sp³-hybridized carbons (Fsp3) is 0.400. The lowest BCUT2D eigenvalue weighted by molar-refractivity contribution is -0.275. The molecular weight excluding hydrogens is 274 g/mol. The van der Waals surface area contributed by atoms with Crippen LogP contribution in [0.15, 0.2) is 10.9 Å². The second-order valence-corrected chi connectivity index (χ2v) is 3.26. The highest BCUT2D eigenvalue weighted by molar-refractivity contribution is 5.88. The first-order valence-electron chi connectivity index (χ1n) is 5.03. The average Bonchev–Trinajstić information content (AvgIpc) is 2.29. The van der Waals surface area contributed by atoms with E-state index in [1.54, 1.807) is 0 Å². The molecule has 106 valence electrons. The van der Waals surface area contributed by atoms with Gasteiger partial charge in [0.15, 0.2) is 5.75 Å². The van der Waals surface area contributed by atoms with Gasteiger partial charge in [0.2, 0.25) is 0 Å². The number of hydrogen-bond donors (Lipinski definition) is 1. The topological polar surface area (TPSA) is 68.4 Å². The summed E-state index contributed by atoms with van der Waals surface area (Å²) in [6, 6.07) is 0.512. The SMILES string of the molecule is CCOC(=O)c1[nH]c(=O)c(OC(F)(F)F)cc1CF. The second-order valence-electron chi connectivity index (χ2n) is 3.26. The van der Waals surface area contributed by atoms with Gasteiger partial charge in [0.05, 0.1) is 6.61 Å². The summed E-state index contributed by atoms with van der Waals surface area (Å²) >= 11 is 0. The third kappa shape index (κ3) is 3.97. The van der Waals surface area contributed by atoms with Crippen LogP contribution < -0.4 is 10.3 Å². The second kappa shape index (κ2) is 5.72. The number of esters is 1. The smallest absolute Gasteiger partial charge is 0.461 e. The van der Waals surface area contributed by atoms with Crippen LogP contribution in [0.1, 0.15) is 23.0 Å². The minimum absolute atomic E-state index is 0.0343. The van der Waals surface area contributed by atoms with E-state index in [1.807, 2.05) is 4.98 Å². The quantitative estimate of drug-likeness (QED) is 0.677. The van der Waals surface area contributed by atoms with Crippen molar-refractivity contribution in [2.75, 3.05) is 6.61 Å². The Labute approximate surface area is 104 Å². The molecule has 0 bridgehead atoms. The van der Waals surface area contributed by atoms with Gasteiger partial charge in [0.25, 0.3) is 5.56 Å². The summed E-state index contributed by atoms with van der Waals surface area (Å²) in [7, 11) is 0. The number of aromatic amines is 1. The summed E-state index contributed by atoms with van der Waals surface area (Å²) in [6.45, 7) is 0.179. The van der Waals surface area contributed by atoms with Crippen LogP contribution in [-0.4, -0.2) is 23.9 Å². The highest BCUT2D eigenvalue weighted by atomic mass is 19.4. The monoisotopic (exact) mass is 283 g/mol. The van der Waals surface area contributed by atoms with Gasteiger partial charge in [0, 0.05) is 5.56 Å². The molecule has 9 heteroatoms. The van der Waals surface area contributed by atoms with Gasteiger partial charge >= 0.3 is 12.3 Å². The molecule has 0 aliphatic carbocycles. The first-order chi connectivity index (χ1) is 8.78. The third-order valence-corrected chi connectivity index (χ3v) is 1.94. The molecule has 1 N–H and O–H groups in total. The van der Waals surface area contributed by atoms with E-state index in [9.17, 15) is 27.2 Å². The summed E-state index contributed by atoms with van der Waals surface area (Å²) in [5, 5.41) is 0. The zero-order valence-corrected chi connectivity index (χ0v) is 9.64. The lowest BCUT2D eigenvalue weighted by atomic mass is 10.2. The standard InChI is InChI=1S/C10H9F4NO4/c1-2-18-9(17)7-5(4-11)3-6(8(16)15-7)19-10(12,13)14/h3H,2,4H2,1H3,(H,15,16). The number of halogens is 4. The molecule has 0 fully saturated rings. The van der Waals surface area contributed by atoms with Crippen molar-refractivity contribution >= 4 is 5.97 Å². The number of carbonyl (C=O) groups is 1. The molecule has 5 nitrogen and oxygen atoms in total. The largest absolute Gasteiger partial charge is 0.573 e. The Hall–Kier alpha value is -2.06. The van der Waals surface area contributed by atoms with Gasteiger partial charge in [0.1, 0.15) is 12.4 Å². The maximum atomic E-state index is 12.7. The van der Waals surface area contributed by atoms with Crippen molar-refractivity contribution in [3.63, 3.8) is 0 Å². The van der Waals surface area contributed by atoms with Gasteiger partial charge in [-0.25, -0.2) is 9.18 Å². The van der Waals surface area contributed by atoms with E-state index in [4.69, 9.17) is 0 Å². The van der Waals surface area contributed by atoms with Gasteiger partial charge in [-0.3, -0.25) is 4.79 Å². The molecule has 1 rings (SSSR count). The van der Waals surface area contributed by atoms with E-state index >= 15 is 0 Å². The zero-order chi connectivity index (χ0) is 14.6. The highest BCUT2D eigenvalue weighted by Crippen LogP contribution is 2.21. The molecule has 0 unspecified atom stereocenters. The van der Waals surface area contributed by atoms with E-state index in [-0.39, 0.29) is 6.61 Å². The number of hydrogen-bond acceptors (Lipinski definition) is 4. The van der Waals surface area contributed by atoms with Gasteiger partial charge in [-0.15, -0.1) is 13.2 Å². The molecular formula is C10H9F4NO4. The van der Waals surface area contributed by atoms with Crippen molar-refractivity contribution in [2.45, 2.75) is 20.0 Å². The van der Waals surface area contributed by atoms with Crippen molar-refractivity contribution in [3.05, 3.63) is 27.7 Å². The van der Waals surface area contributed by atoms with E-state index in [1.165, 1.54) is 6.92 Å². The fourth-order valence-electron chi connectivity index (χ4n) is 1.24. The molecule has 0 saturated carbocycles. The van der Waals surface area contributed by atoms with Gasteiger partial charge in [-0.05, 0) is 13.0 Å². The fourth-order valence-corrected chi connectivity index (χ4v) is 1.24. The molecule has 0 aliphatic heterocycles. The molecule has 0 radical (unpaired) electrons. The number of H-pyrrole nitrogens is 1. The molecule has 1 heterocycles. The number of rotatable bonds is 4. The predicted molar refractivity (Wildman–Crippen MR) is 54.5 cm³/mol. The molecule has 1 aromatic heterocycles. The first kappa shape index (κ1) is 15.0. The average molecular weight is 283 g/mol. The zero-order valence-electron chi connectivity index (χ0n) is 9.64. The number of pyridine rings is 1. The van der Waals surface area contributed by atoms with Crippen molar-refractivity contribution < 1.29 is 31.8 Å². The van der Waals surface area contributed by atoms with Crippen LogP contribution in [0.3, 0.4) is 0 Å².